The number of ketones is 1. The van der Waals surface area contributed by atoms with Crippen LogP contribution in [0, 0.1) is 0 Å². The zero-order chi connectivity index (χ0) is 13.4. The molecule has 0 bridgehead atoms. The molecular weight excluding hydrogens is 310 g/mol. The topological polar surface area (TPSA) is 45.1 Å². The van der Waals surface area contributed by atoms with Crippen LogP contribution in [0.25, 0.3) is 0 Å². The van der Waals surface area contributed by atoms with Crippen molar-refractivity contribution in [3.8, 4) is 0 Å². The average Bonchev–Trinajstić information content (AvgIpc) is 2.82. The van der Waals surface area contributed by atoms with Gasteiger partial charge in [-0.3, -0.25) is 4.79 Å². The highest BCUT2D eigenvalue weighted by Gasteiger charge is 2.34. The van der Waals surface area contributed by atoms with Crippen LogP contribution in [0.1, 0.15) is 6.42 Å². The third kappa shape index (κ3) is 2.00. The molecule has 3 heterocycles. The van der Waals surface area contributed by atoms with Crippen molar-refractivity contribution >= 4 is 27.9 Å². The summed E-state index contributed by atoms with van der Waals surface area (Å²) in [6, 6.07) is 0. The van der Waals surface area contributed by atoms with Gasteiger partial charge in [-0.05, 0) is 0 Å². The molecule has 0 saturated carbocycles. The number of aliphatic imine (C=N–C) groups is 1. The maximum Gasteiger partial charge on any atom is 0.188 e. The second-order valence-electron chi connectivity index (χ2n) is 4.45. The van der Waals surface area contributed by atoms with Gasteiger partial charge < -0.3 is 14.5 Å². The molecule has 0 aromatic carbocycles. The van der Waals surface area contributed by atoms with E-state index >= 15 is 0 Å². The maximum absolute atomic E-state index is 12.1. The molecule has 0 fully saturated rings. The van der Waals surface area contributed by atoms with E-state index in [4.69, 9.17) is 4.74 Å². The third-order valence-electron chi connectivity index (χ3n) is 3.32. The lowest BCUT2D eigenvalue weighted by Crippen LogP contribution is -2.37. The molecule has 0 aromatic rings. The van der Waals surface area contributed by atoms with Gasteiger partial charge in [-0.15, -0.1) is 0 Å². The first-order valence-corrected chi connectivity index (χ1v) is 7.23. The first-order valence-electron chi connectivity index (χ1n) is 6.11. The lowest BCUT2D eigenvalue weighted by molar-refractivity contribution is -0.116. The number of ether oxygens (including phenoxy) is 1. The van der Waals surface area contributed by atoms with Crippen molar-refractivity contribution in [1.82, 2.24) is 9.80 Å². The lowest BCUT2D eigenvalue weighted by atomic mass is 10.1. The Balaban J connectivity index is 2.03. The number of hydrogen-bond donors (Lipinski definition) is 0. The highest BCUT2D eigenvalue weighted by atomic mass is 79.9. The summed E-state index contributed by atoms with van der Waals surface area (Å²) in [5, 5.41) is 0.797. The number of Topliss-reactive ketones (excluding diaryl/α,β-unsaturated/α-hetero) is 1. The molecule has 19 heavy (non-hydrogen) atoms. The molecule has 0 unspecified atom stereocenters. The van der Waals surface area contributed by atoms with E-state index in [2.05, 4.69) is 20.9 Å². The smallest absolute Gasteiger partial charge is 0.188 e. The fourth-order valence-corrected chi connectivity index (χ4v) is 2.82. The Hall–Kier alpha value is -1.56. The van der Waals surface area contributed by atoms with Gasteiger partial charge in [0.1, 0.15) is 11.5 Å². The molecule has 6 heteroatoms. The number of allylic oxidation sites excluding steroid dienone is 2. The third-order valence-corrected chi connectivity index (χ3v) is 3.67. The van der Waals surface area contributed by atoms with Gasteiger partial charge in [0.15, 0.2) is 11.6 Å². The van der Waals surface area contributed by atoms with E-state index in [0.29, 0.717) is 18.7 Å². The maximum atomic E-state index is 12.1. The van der Waals surface area contributed by atoms with E-state index in [1.165, 1.54) is 0 Å². The van der Waals surface area contributed by atoms with E-state index < -0.39 is 0 Å². The van der Waals surface area contributed by atoms with E-state index in [-0.39, 0.29) is 5.78 Å². The van der Waals surface area contributed by atoms with Crippen LogP contribution in [0.2, 0.25) is 0 Å². The molecule has 0 N–H and O–H groups in total. The molecule has 0 aliphatic carbocycles. The van der Waals surface area contributed by atoms with E-state index in [1.807, 2.05) is 22.1 Å². The first-order chi connectivity index (χ1) is 9.24. The summed E-state index contributed by atoms with van der Waals surface area (Å²) in [5.74, 6) is 1.73. The van der Waals surface area contributed by atoms with Gasteiger partial charge >= 0.3 is 0 Å². The van der Waals surface area contributed by atoms with Gasteiger partial charge in [0, 0.05) is 36.8 Å². The molecule has 3 aliphatic heterocycles. The van der Waals surface area contributed by atoms with Crippen molar-refractivity contribution in [3.63, 3.8) is 0 Å². The molecule has 100 valence electrons. The first kappa shape index (κ1) is 12.5. The van der Waals surface area contributed by atoms with Crippen molar-refractivity contribution < 1.29 is 9.53 Å². The van der Waals surface area contributed by atoms with Gasteiger partial charge in [-0.25, -0.2) is 4.99 Å². The van der Waals surface area contributed by atoms with Crippen molar-refractivity contribution in [1.29, 1.82) is 0 Å². The summed E-state index contributed by atoms with van der Waals surface area (Å²) in [6.07, 6.45) is 6.03. The summed E-state index contributed by atoms with van der Waals surface area (Å²) in [7, 11) is 1.66. The molecule has 0 saturated heterocycles. The number of halogens is 1. The number of rotatable bonds is 3. The normalized spacial score (nSPS) is 21.3. The number of carbonyl (C=O) groups is 1. The molecule has 0 spiro atoms. The SMILES string of the molecule is COC1=CC2=CN(CCBr)C3=C(N=CCC3=O)N2C1. The Bertz CT molecular complexity index is 548. The Kier molecular flexibility index (Phi) is 3.18. The van der Waals surface area contributed by atoms with Crippen LogP contribution in [0.3, 0.4) is 0 Å². The lowest BCUT2D eigenvalue weighted by Gasteiger charge is -2.35. The predicted octanol–water partition coefficient (Wildman–Crippen LogP) is 1.60. The highest BCUT2D eigenvalue weighted by molar-refractivity contribution is 9.09. The standard InChI is InChI=1S/C13H14BrN3O2/c1-19-10-6-9-7-16(5-3-14)12-11(18)2-4-15-13(12)17(9)8-10/h4,6-7H,2-3,5,8H2,1H3. The van der Waals surface area contributed by atoms with Crippen LogP contribution in [-0.4, -0.2) is 47.3 Å². The Morgan fingerprint density at radius 3 is 3.11 bits per heavy atom. The summed E-state index contributed by atoms with van der Waals surface area (Å²) >= 11 is 3.42. The van der Waals surface area contributed by atoms with Crippen LogP contribution in [0.4, 0.5) is 0 Å². The number of hydrogen-bond acceptors (Lipinski definition) is 5. The van der Waals surface area contributed by atoms with Gasteiger partial charge in [0.25, 0.3) is 0 Å². The van der Waals surface area contributed by atoms with Crippen LogP contribution in [0.15, 0.2) is 40.2 Å². The molecule has 3 rings (SSSR count). The van der Waals surface area contributed by atoms with Crippen LogP contribution < -0.4 is 0 Å². The molecule has 0 radical (unpaired) electrons. The fourth-order valence-electron chi connectivity index (χ4n) is 2.44. The number of fused-ring (bicyclic) bond motifs is 2. The van der Waals surface area contributed by atoms with Crippen molar-refractivity contribution in [2.45, 2.75) is 6.42 Å². The molecule has 5 nitrogen and oxygen atoms in total. The summed E-state index contributed by atoms with van der Waals surface area (Å²) < 4.78 is 5.30. The van der Waals surface area contributed by atoms with Crippen molar-refractivity contribution in [3.05, 3.63) is 35.3 Å². The zero-order valence-electron chi connectivity index (χ0n) is 10.6. The van der Waals surface area contributed by atoms with Gasteiger partial charge in [0.05, 0.1) is 19.4 Å². The minimum Gasteiger partial charge on any atom is -0.499 e. The minimum absolute atomic E-state index is 0.118. The number of nitrogens with zero attached hydrogens (tertiary/aromatic N) is 3. The number of alkyl halides is 1. The van der Waals surface area contributed by atoms with Gasteiger partial charge in [0.2, 0.25) is 0 Å². The van der Waals surface area contributed by atoms with Gasteiger partial charge in [-0.1, -0.05) is 15.9 Å². The van der Waals surface area contributed by atoms with E-state index in [9.17, 15) is 4.79 Å². The average molecular weight is 324 g/mol. The monoisotopic (exact) mass is 323 g/mol. The summed E-state index contributed by atoms with van der Waals surface area (Å²) in [6.45, 7) is 1.38. The minimum atomic E-state index is 0.118. The summed E-state index contributed by atoms with van der Waals surface area (Å²) in [5.41, 5.74) is 1.71. The number of carbonyl (C=O) groups excluding carboxylic acids is 1. The Labute approximate surface area is 120 Å². The molecule has 3 aliphatic rings. The Morgan fingerprint density at radius 2 is 2.37 bits per heavy atom. The molecular formula is C13H14BrN3O2. The highest BCUT2D eigenvalue weighted by Crippen LogP contribution is 2.34. The largest absolute Gasteiger partial charge is 0.499 e. The number of methoxy groups -OCH3 is 1. The predicted molar refractivity (Wildman–Crippen MR) is 75.5 cm³/mol. The van der Waals surface area contributed by atoms with E-state index in [0.717, 1.165) is 29.2 Å². The van der Waals surface area contributed by atoms with Crippen LogP contribution in [0.5, 0.6) is 0 Å². The zero-order valence-corrected chi connectivity index (χ0v) is 12.2. The summed E-state index contributed by atoms with van der Waals surface area (Å²) in [4.78, 5) is 20.6. The second-order valence-corrected chi connectivity index (χ2v) is 5.24. The molecule has 0 amide bonds. The van der Waals surface area contributed by atoms with Crippen LogP contribution in [-0.2, 0) is 9.53 Å². The Morgan fingerprint density at radius 1 is 1.53 bits per heavy atom. The quantitative estimate of drug-likeness (QED) is 0.740. The van der Waals surface area contributed by atoms with Gasteiger partial charge in [-0.2, -0.15) is 0 Å². The molecule has 0 aromatic heterocycles. The van der Waals surface area contributed by atoms with Crippen molar-refractivity contribution in [2.24, 2.45) is 4.99 Å². The van der Waals surface area contributed by atoms with Crippen LogP contribution >= 0.6 is 15.9 Å². The fraction of sp³-hybridized carbons (Fsp3) is 0.385. The second kappa shape index (κ2) is 4.85. The van der Waals surface area contributed by atoms with Crippen molar-refractivity contribution in [2.75, 3.05) is 25.5 Å². The van der Waals surface area contributed by atoms with E-state index in [1.54, 1.807) is 13.3 Å². The molecule has 0 atom stereocenters.